The molecule has 3 aromatic rings. The first-order valence-electron chi connectivity index (χ1n) is 10.6. The lowest BCUT2D eigenvalue weighted by Crippen LogP contribution is -2.25. The van der Waals surface area contributed by atoms with Crippen molar-refractivity contribution in [3.63, 3.8) is 0 Å². The molecule has 0 fully saturated rings. The third-order valence-corrected chi connectivity index (χ3v) is 6.54. The lowest BCUT2D eigenvalue weighted by molar-refractivity contribution is -0.286. The Bertz CT molecular complexity index is 1420. The van der Waals surface area contributed by atoms with E-state index in [0.29, 0.717) is 52.3 Å². The van der Waals surface area contributed by atoms with E-state index < -0.39 is 6.29 Å². The van der Waals surface area contributed by atoms with Crippen LogP contribution >= 0.6 is 0 Å². The Labute approximate surface area is 181 Å². The molecule has 0 bridgehead atoms. The van der Waals surface area contributed by atoms with Gasteiger partial charge in [-0.05, 0) is 35.6 Å². The molecule has 0 spiro atoms. The maximum Gasteiger partial charge on any atom is 0.586 e. The van der Waals surface area contributed by atoms with Crippen LogP contribution in [0.25, 0.3) is 22.3 Å². The first kappa shape index (κ1) is 19.4. The number of carbonyl (C=O) groups excluding carboxylic acids is 1. The standard InChI is InChI=1S/C24H19F2N2O4/c1-4-11-12-5-17-22-15(9-28(17)23(30)13(12)6-18(11)29)21(10(2)3)14-7-19-20(8-16(14)27-22)32-24(25,26)31-19/h5,7-8,10H,4,6,9H2,1-3H3. The van der Waals surface area contributed by atoms with Gasteiger partial charge in [-0.15, -0.1) is 8.78 Å². The number of halogens is 2. The summed E-state index contributed by atoms with van der Waals surface area (Å²) in [5.74, 6) is 0.613. The third-order valence-electron chi connectivity index (χ3n) is 6.54. The summed E-state index contributed by atoms with van der Waals surface area (Å²) in [5, 5.41) is 0.697. The zero-order chi connectivity index (χ0) is 22.5. The number of ketones is 1. The van der Waals surface area contributed by atoms with Crippen molar-refractivity contribution in [2.24, 2.45) is 0 Å². The molecule has 0 atom stereocenters. The van der Waals surface area contributed by atoms with E-state index in [1.807, 2.05) is 26.8 Å². The lowest BCUT2D eigenvalue weighted by Gasteiger charge is -2.15. The van der Waals surface area contributed by atoms with Crippen molar-refractivity contribution >= 4 is 16.7 Å². The lowest BCUT2D eigenvalue weighted by atomic mass is 9.91. The van der Waals surface area contributed by atoms with Crippen LogP contribution in [0.1, 0.15) is 55.4 Å². The second-order valence-corrected chi connectivity index (χ2v) is 8.74. The fourth-order valence-electron chi connectivity index (χ4n) is 5.25. The van der Waals surface area contributed by atoms with E-state index in [-0.39, 0.29) is 35.2 Å². The molecule has 1 radical (unpaired) electrons. The first-order chi connectivity index (χ1) is 15.2. The molecule has 6 rings (SSSR count). The van der Waals surface area contributed by atoms with Gasteiger partial charge in [-0.2, -0.15) is 0 Å². The molecule has 8 heteroatoms. The SMILES string of the molecule is CC[C]1C(=O)Cc2c1cc1n(c2=O)Cc2c-1nc1cc3c(cc1c2C(C)C)OC(F)(F)O3. The van der Waals surface area contributed by atoms with Crippen molar-refractivity contribution in [2.45, 2.75) is 52.4 Å². The number of benzene rings is 1. The van der Waals surface area contributed by atoms with E-state index in [4.69, 9.17) is 4.98 Å². The van der Waals surface area contributed by atoms with Crippen molar-refractivity contribution in [1.82, 2.24) is 9.55 Å². The van der Waals surface area contributed by atoms with Crippen LogP contribution in [0.3, 0.4) is 0 Å². The van der Waals surface area contributed by atoms with Crippen molar-refractivity contribution in [3.05, 3.63) is 56.7 Å². The fourth-order valence-corrected chi connectivity index (χ4v) is 5.25. The van der Waals surface area contributed by atoms with Crippen LogP contribution in [0.5, 0.6) is 11.5 Å². The number of hydrogen-bond donors (Lipinski definition) is 0. The van der Waals surface area contributed by atoms with Crippen molar-refractivity contribution in [2.75, 3.05) is 0 Å². The number of alkyl halides is 2. The van der Waals surface area contributed by atoms with Gasteiger partial charge in [-0.25, -0.2) is 4.98 Å². The Kier molecular flexibility index (Phi) is 3.73. The zero-order valence-corrected chi connectivity index (χ0v) is 17.7. The predicted molar refractivity (Wildman–Crippen MR) is 112 cm³/mol. The number of Topliss-reactive ketones (excluding diaryl/α,β-unsaturated/α-hetero) is 1. The smallest absolute Gasteiger partial charge is 0.395 e. The van der Waals surface area contributed by atoms with E-state index in [1.54, 1.807) is 10.6 Å². The highest BCUT2D eigenvalue weighted by Crippen LogP contribution is 2.47. The van der Waals surface area contributed by atoms with E-state index >= 15 is 0 Å². The molecule has 0 N–H and O–H groups in total. The number of fused-ring (bicyclic) bond motifs is 6. The molecule has 0 unspecified atom stereocenters. The Morgan fingerprint density at radius 1 is 1.12 bits per heavy atom. The summed E-state index contributed by atoms with van der Waals surface area (Å²) in [6, 6.07) is 4.89. The van der Waals surface area contributed by atoms with Gasteiger partial charge in [0.2, 0.25) is 0 Å². The number of pyridine rings is 2. The van der Waals surface area contributed by atoms with Crippen LogP contribution in [0.4, 0.5) is 8.78 Å². The second kappa shape index (κ2) is 6.15. The van der Waals surface area contributed by atoms with Crippen LogP contribution in [-0.4, -0.2) is 21.6 Å². The van der Waals surface area contributed by atoms with E-state index in [0.717, 1.165) is 11.1 Å². The summed E-state index contributed by atoms with van der Waals surface area (Å²) >= 11 is 0. The minimum atomic E-state index is -3.71. The van der Waals surface area contributed by atoms with Gasteiger partial charge in [0.15, 0.2) is 11.5 Å². The Hall–Kier alpha value is -3.29. The average Bonchev–Trinajstić information content (AvgIpc) is 3.33. The average molecular weight is 437 g/mol. The Morgan fingerprint density at radius 2 is 1.84 bits per heavy atom. The normalized spacial score (nSPS) is 17.9. The number of ether oxygens (including phenoxy) is 2. The number of rotatable bonds is 2. The summed E-state index contributed by atoms with van der Waals surface area (Å²) in [5.41, 5.74) is 4.69. The molecule has 1 aromatic carbocycles. The van der Waals surface area contributed by atoms with Crippen LogP contribution in [0.15, 0.2) is 23.0 Å². The summed E-state index contributed by atoms with van der Waals surface area (Å²) in [6.45, 7) is 6.26. The summed E-state index contributed by atoms with van der Waals surface area (Å²) in [4.78, 5) is 30.4. The molecular formula is C24H19F2N2O4. The molecule has 2 aromatic heterocycles. The second-order valence-electron chi connectivity index (χ2n) is 8.74. The quantitative estimate of drug-likeness (QED) is 0.467. The van der Waals surface area contributed by atoms with Crippen molar-refractivity contribution in [1.29, 1.82) is 0 Å². The van der Waals surface area contributed by atoms with Gasteiger partial charge in [0.1, 0.15) is 5.78 Å². The zero-order valence-electron chi connectivity index (χ0n) is 17.7. The number of nitrogens with zero attached hydrogens (tertiary/aromatic N) is 2. The van der Waals surface area contributed by atoms with Crippen molar-refractivity contribution < 1.29 is 23.0 Å². The number of hydrogen-bond acceptors (Lipinski definition) is 5. The Morgan fingerprint density at radius 3 is 2.53 bits per heavy atom. The van der Waals surface area contributed by atoms with Gasteiger partial charge in [-0.3, -0.25) is 9.59 Å². The van der Waals surface area contributed by atoms with Crippen molar-refractivity contribution in [3.8, 4) is 22.9 Å². The molecule has 0 saturated carbocycles. The minimum absolute atomic E-state index is 0.00734. The minimum Gasteiger partial charge on any atom is -0.395 e. The third kappa shape index (κ3) is 2.46. The highest BCUT2D eigenvalue weighted by Gasteiger charge is 2.44. The van der Waals surface area contributed by atoms with Gasteiger partial charge in [0.05, 0.1) is 29.4 Å². The molecule has 32 heavy (non-hydrogen) atoms. The molecule has 1 aliphatic carbocycles. The predicted octanol–water partition coefficient (Wildman–Crippen LogP) is 4.33. The molecule has 2 aliphatic heterocycles. The highest BCUT2D eigenvalue weighted by atomic mass is 19.3. The molecule has 3 aliphatic rings. The molecule has 0 amide bonds. The molecule has 163 valence electrons. The van der Waals surface area contributed by atoms with Gasteiger partial charge in [0, 0.05) is 29.0 Å². The van der Waals surface area contributed by atoms with E-state index in [2.05, 4.69) is 9.47 Å². The van der Waals surface area contributed by atoms with Crippen LogP contribution in [0, 0.1) is 5.92 Å². The topological polar surface area (TPSA) is 70.4 Å². The van der Waals surface area contributed by atoms with Gasteiger partial charge in [0.25, 0.3) is 5.56 Å². The molecular weight excluding hydrogens is 418 g/mol. The first-order valence-corrected chi connectivity index (χ1v) is 10.6. The molecule has 0 saturated heterocycles. The summed E-state index contributed by atoms with van der Waals surface area (Å²) in [7, 11) is 0. The fraction of sp³-hybridized carbons (Fsp3) is 0.333. The van der Waals surface area contributed by atoms with Crippen LogP contribution in [-0.2, 0) is 17.8 Å². The van der Waals surface area contributed by atoms with E-state index in [9.17, 15) is 18.4 Å². The molecule has 4 heterocycles. The maximum atomic E-state index is 13.6. The number of aromatic nitrogens is 2. The highest BCUT2D eigenvalue weighted by molar-refractivity contribution is 6.02. The van der Waals surface area contributed by atoms with Gasteiger partial charge < -0.3 is 14.0 Å². The number of carbonyl (C=O) groups is 1. The van der Waals surface area contributed by atoms with Gasteiger partial charge in [-0.1, -0.05) is 20.8 Å². The van der Waals surface area contributed by atoms with Gasteiger partial charge >= 0.3 is 6.29 Å². The summed E-state index contributed by atoms with van der Waals surface area (Å²) in [6.07, 6.45) is -3.02. The monoisotopic (exact) mass is 437 g/mol. The maximum absolute atomic E-state index is 13.6. The van der Waals surface area contributed by atoms with Crippen LogP contribution in [0.2, 0.25) is 0 Å². The molecule has 6 nitrogen and oxygen atoms in total. The van der Waals surface area contributed by atoms with E-state index in [1.165, 1.54) is 6.07 Å². The van der Waals surface area contributed by atoms with Crippen LogP contribution < -0.4 is 15.0 Å². The largest absolute Gasteiger partial charge is 0.586 e. The summed E-state index contributed by atoms with van der Waals surface area (Å²) < 4.78 is 38.2. The Balaban J connectivity index is 1.63.